The molecule has 1 aliphatic rings. The largest absolute Gasteiger partial charge is 0.497 e. The summed E-state index contributed by atoms with van der Waals surface area (Å²) in [6.07, 6.45) is 0. The van der Waals surface area contributed by atoms with Crippen molar-refractivity contribution in [3.63, 3.8) is 0 Å². The molecule has 0 spiro atoms. The first-order chi connectivity index (χ1) is 19.0. The number of thioether (sulfide) groups is 1. The maximum Gasteiger partial charge on any atom is 0.255 e. The Morgan fingerprint density at radius 2 is 1.74 bits per heavy atom. The highest BCUT2D eigenvalue weighted by Gasteiger charge is 2.34. The third-order valence-electron chi connectivity index (χ3n) is 6.37. The lowest BCUT2D eigenvalue weighted by atomic mass is 9.95. The van der Waals surface area contributed by atoms with Gasteiger partial charge in [0.2, 0.25) is 11.1 Å². The molecule has 2 heterocycles. The number of fused-ring (bicyclic) bond motifs is 1. The average molecular weight is 544 g/mol. The van der Waals surface area contributed by atoms with Crippen molar-refractivity contribution in [2.24, 2.45) is 0 Å². The van der Waals surface area contributed by atoms with Gasteiger partial charge >= 0.3 is 0 Å². The lowest BCUT2D eigenvalue weighted by Crippen LogP contribution is -2.31. The molecule has 0 radical (unpaired) electrons. The maximum atomic E-state index is 13.8. The topological polar surface area (TPSA) is 99.5 Å². The second kappa shape index (κ2) is 11.5. The summed E-state index contributed by atoms with van der Waals surface area (Å²) in [5.74, 6) is 3.07. The van der Waals surface area contributed by atoms with Crippen LogP contribution in [0.1, 0.15) is 24.1 Å². The lowest BCUT2D eigenvalue weighted by molar-refractivity contribution is -0.113. The summed E-state index contributed by atoms with van der Waals surface area (Å²) in [4.78, 5) is 18.5. The van der Waals surface area contributed by atoms with Gasteiger partial charge in [0, 0.05) is 11.4 Å². The number of benzene rings is 3. The maximum absolute atomic E-state index is 13.8. The number of carbonyl (C=O) groups is 1. The van der Waals surface area contributed by atoms with Crippen LogP contribution in [-0.2, 0) is 10.5 Å². The van der Waals surface area contributed by atoms with Gasteiger partial charge in [0.25, 0.3) is 5.91 Å². The molecular formula is C29H29N5O4S. The summed E-state index contributed by atoms with van der Waals surface area (Å²) in [5, 5.41) is 11.7. The summed E-state index contributed by atoms with van der Waals surface area (Å²) >= 11 is 1.51. The number of methoxy groups -OCH3 is 3. The number of anilines is 2. The van der Waals surface area contributed by atoms with Gasteiger partial charge in [-0.1, -0.05) is 48.2 Å². The number of rotatable bonds is 9. The van der Waals surface area contributed by atoms with Crippen molar-refractivity contribution in [1.29, 1.82) is 0 Å². The molecule has 0 saturated carbocycles. The minimum atomic E-state index is -0.513. The van der Waals surface area contributed by atoms with Gasteiger partial charge in [-0.15, -0.1) is 5.10 Å². The van der Waals surface area contributed by atoms with Crippen LogP contribution in [0.4, 0.5) is 11.6 Å². The lowest BCUT2D eigenvalue weighted by Gasteiger charge is -2.29. The van der Waals surface area contributed by atoms with Gasteiger partial charge in [-0.2, -0.15) is 4.98 Å². The number of hydrogen-bond acceptors (Lipinski definition) is 8. The van der Waals surface area contributed by atoms with Crippen LogP contribution in [0.3, 0.4) is 0 Å². The minimum Gasteiger partial charge on any atom is -0.497 e. The molecular weight excluding hydrogens is 514 g/mol. The fourth-order valence-electron chi connectivity index (χ4n) is 4.43. The van der Waals surface area contributed by atoms with E-state index in [0.717, 1.165) is 22.6 Å². The van der Waals surface area contributed by atoms with Crippen molar-refractivity contribution in [2.75, 3.05) is 32.0 Å². The Morgan fingerprint density at radius 3 is 2.49 bits per heavy atom. The number of nitrogens with zero attached hydrogens (tertiary/aromatic N) is 3. The smallest absolute Gasteiger partial charge is 0.255 e. The molecule has 1 aromatic heterocycles. The van der Waals surface area contributed by atoms with E-state index in [0.29, 0.717) is 39.6 Å². The summed E-state index contributed by atoms with van der Waals surface area (Å²) in [6, 6.07) is 22.3. The first-order valence-electron chi connectivity index (χ1n) is 12.3. The van der Waals surface area contributed by atoms with Crippen molar-refractivity contribution in [3.05, 3.63) is 95.2 Å². The number of allylic oxidation sites excluding steroid dienone is 1. The number of nitrogens with one attached hydrogen (secondary N) is 2. The van der Waals surface area contributed by atoms with Gasteiger partial charge in [-0.3, -0.25) is 4.79 Å². The van der Waals surface area contributed by atoms with E-state index in [1.165, 1.54) is 11.8 Å². The highest BCUT2D eigenvalue weighted by Crippen LogP contribution is 2.38. The van der Waals surface area contributed by atoms with Crippen LogP contribution in [0.15, 0.2) is 89.2 Å². The molecule has 0 aliphatic carbocycles. The second-order valence-corrected chi connectivity index (χ2v) is 9.74. The van der Waals surface area contributed by atoms with Crippen LogP contribution in [0.25, 0.3) is 0 Å². The molecule has 9 nitrogen and oxygen atoms in total. The minimum absolute atomic E-state index is 0.267. The van der Waals surface area contributed by atoms with Crippen LogP contribution in [-0.4, -0.2) is 42.0 Å². The summed E-state index contributed by atoms with van der Waals surface area (Å²) in [5.41, 5.74) is 3.76. The van der Waals surface area contributed by atoms with Crippen LogP contribution < -0.4 is 24.8 Å². The van der Waals surface area contributed by atoms with Crippen molar-refractivity contribution < 1.29 is 19.0 Å². The number of aromatic nitrogens is 3. The van der Waals surface area contributed by atoms with Gasteiger partial charge in [0.05, 0.1) is 32.6 Å². The molecule has 4 aromatic rings. The van der Waals surface area contributed by atoms with Crippen molar-refractivity contribution >= 4 is 29.3 Å². The van der Waals surface area contributed by atoms with Crippen LogP contribution in [0.2, 0.25) is 0 Å². The molecule has 1 amide bonds. The summed E-state index contributed by atoms with van der Waals surface area (Å²) in [6.45, 7) is 1.87. The zero-order chi connectivity index (χ0) is 27.4. The third kappa shape index (κ3) is 5.56. The van der Waals surface area contributed by atoms with E-state index in [9.17, 15) is 4.79 Å². The fourth-order valence-corrected chi connectivity index (χ4v) is 5.20. The van der Waals surface area contributed by atoms with Crippen molar-refractivity contribution in [1.82, 2.24) is 14.8 Å². The van der Waals surface area contributed by atoms with E-state index < -0.39 is 6.04 Å². The fraction of sp³-hybridized carbons (Fsp3) is 0.207. The van der Waals surface area contributed by atoms with Gasteiger partial charge in [-0.05, 0) is 54.4 Å². The highest BCUT2D eigenvalue weighted by atomic mass is 32.2. The first-order valence-corrected chi connectivity index (χ1v) is 13.3. The van der Waals surface area contributed by atoms with Crippen LogP contribution in [0, 0.1) is 0 Å². The molecule has 200 valence electrons. The molecule has 2 N–H and O–H groups in total. The third-order valence-corrected chi connectivity index (χ3v) is 7.28. The zero-order valence-corrected chi connectivity index (χ0v) is 22.9. The van der Waals surface area contributed by atoms with Crippen LogP contribution >= 0.6 is 11.8 Å². The van der Waals surface area contributed by atoms with E-state index >= 15 is 0 Å². The second-order valence-electron chi connectivity index (χ2n) is 8.80. The normalized spacial score (nSPS) is 14.3. The Morgan fingerprint density at radius 1 is 0.974 bits per heavy atom. The summed E-state index contributed by atoms with van der Waals surface area (Å²) in [7, 11) is 4.85. The molecule has 0 unspecified atom stereocenters. The zero-order valence-electron chi connectivity index (χ0n) is 22.1. The number of ether oxygens (including phenoxy) is 3. The molecule has 3 aromatic carbocycles. The van der Waals surface area contributed by atoms with Gasteiger partial charge in [0.1, 0.15) is 23.3 Å². The van der Waals surface area contributed by atoms with Crippen molar-refractivity contribution in [3.8, 4) is 17.2 Å². The Bertz CT molecular complexity index is 1520. The van der Waals surface area contributed by atoms with E-state index in [1.54, 1.807) is 38.1 Å². The van der Waals surface area contributed by atoms with Gasteiger partial charge in [-0.25, -0.2) is 4.68 Å². The number of hydrogen-bond donors (Lipinski definition) is 2. The number of amides is 1. The molecule has 1 atom stereocenters. The number of para-hydroxylation sites is 2. The Hall–Kier alpha value is -4.44. The highest BCUT2D eigenvalue weighted by molar-refractivity contribution is 7.98. The molecule has 0 saturated heterocycles. The molecule has 0 bridgehead atoms. The van der Waals surface area contributed by atoms with E-state index in [4.69, 9.17) is 24.3 Å². The standard InChI is InChI=1S/C29H29N5O4S/c1-18-25(27(35)31-23-10-5-6-11-24(23)38-4)26(20-12-14-21(36-2)15-13-20)34-28(30-18)32-29(33-34)39-17-19-8-7-9-22(16-19)37-3/h5-16,26H,17H2,1-4H3,(H,31,35)(H,30,32,33)/t26-/m1/s1. The van der Waals surface area contributed by atoms with Crippen LogP contribution in [0.5, 0.6) is 17.2 Å². The quantitative estimate of drug-likeness (QED) is 0.266. The SMILES string of the molecule is COc1ccc([C@@H]2C(C(=O)Nc3ccccc3OC)=C(C)Nc3nc(SCc4cccc(OC)c4)nn32)cc1. The average Bonchev–Trinajstić information content (AvgIpc) is 3.38. The molecule has 10 heteroatoms. The predicted octanol–water partition coefficient (Wildman–Crippen LogP) is 5.52. The summed E-state index contributed by atoms with van der Waals surface area (Å²) < 4.78 is 17.9. The van der Waals surface area contributed by atoms with Gasteiger partial charge < -0.3 is 24.8 Å². The van der Waals surface area contributed by atoms with E-state index in [2.05, 4.69) is 10.6 Å². The Labute approximate surface area is 231 Å². The van der Waals surface area contributed by atoms with E-state index in [-0.39, 0.29) is 5.91 Å². The van der Waals surface area contributed by atoms with Crippen molar-refractivity contribution in [2.45, 2.75) is 23.9 Å². The van der Waals surface area contributed by atoms with Gasteiger partial charge in [0.15, 0.2) is 0 Å². The molecule has 39 heavy (non-hydrogen) atoms. The number of carbonyl (C=O) groups excluding carboxylic acids is 1. The molecule has 5 rings (SSSR count). The Kier molecular flexibility index (Phi) is 7.74. The monoisotopic (exact) mass is 543 g/mol. The predicted molar refractivity (Wildman–Crippen MR) is 152 cm³/mol. The Balaban J connectivity index is 1.48. The van der Waals surface area contributed by atoms with E-state index in [1.807, 2.05) is 67.6 Å². The molecule has 1 aliphatic heterocycles. The first kappa shape index (κ1) is 26.2. The molecule has 0 fully saturated rings.